The van der Waals surface area contributed by atoms with Crippen molar-refractivity contribution < 1.29 is 23.5 Å². The molecule has 4 rings (SSSR count). The average Bonchev–Trinajstić information content (AvgIpc) is 2.92. The van der Waals surface area contributed by atoms with E-state index in [0.29, 0.717) is 31.3 Å². The summed E-state index contributed by atoms with van der Waals surface area (Å²) < 4.78 is 19.9. The van der Waals surface area contributed by atoms with Crippen LogP contribution >= 0.6 is 0 Å². The third kappa shape index (κ3) is 2.57. The molecule has 146 valence electrons. The Bertz CT molecular complexity index is 781. The van der Waals surface area contributed by atoms with E-state index >= 15 is 4.39 Å². The number of halogens is 1. The van der Waals surface area contributed by atoms with E-state index in [4.69, 9.17) is 4.74 Å². The van der Waals surface area contributed by atoms with E-state index in [0.717, 1.165) is 18.4 Å². The summed E-state index contributed by atoms with van der Waals surface area (Å²) in [6, 6.07) is 0. The minimum atomic E-state index is -1.16. The summed E-state index contributed by atoms with van der Waals surface area (Å²) in [6.07, 6.45) is 5.10. The smallest absolute Gasteiger partial charge is 0.330 e. The molecule has 0 amide bonds. The minimum Gasteiger partial charge on any atom is -0.466 e. The van der Waals surface area contributed by atoms with Crippen molar-refractivity contribution in [3.05, 3.63) is 23.3 Å². The van der Waals surface area contributed by atoms with Gasteiger partial charge < -0.3 is 4.74 Å². The van der Waals surface area contributed by atoms with E-state index in [9.17, 15) is 14.4 Å². The Labute approximate surface area is 159 Å². The maximum atomic E-state index is 15.2. The Morgan fingerprint density at radius 2 is 2.00 bits per heavy atom. The van der Waals surface area contributed by atoms with Gasteiger partial charge in [0.25, 0.3) is 0 Å². The number of carbonyl (C=O) groups is 3. The quantitative estimate of drug-likeness (QED) is 0.518. The summed E-state index contributed by atoms with van der Waals surface area (Å²) >= 11 is 0. The van der Waals surface area contributed by atoms with Gasteiger partial charge in [0, 0.05) is 30.3 Å². The number of alkyl halides is 1. The zero-order chi connectivity index (χ0) is 19.6. The zero-order valence-electron chi connectivity index (χ0n) is 16.2. The molecule has 0 spiro atoms. The number of hydrogen-bond donors (Lipinski definition) is 0. The van der Waals surface area contributed by atoms with Crippen LogP contribution in [0.1, 0.15) is 52.4 Å². The zero-order valence-corrected chi connectivity index (χ0v) is 16.2. The predicted molar refractivity (Wildman–Crippen MR) is 97.5 cm³/mol. The molecule has 0 radical (unpaired) electrons. The van der Waals surface area contributed by atoms with Crippen LogP contribution in [0.15, 0.2) is 23.3 Å². The van der Waals surface area contributed by atoms with Gasteiger partial charge >= 0.3 is 5.97 Å². The van der Waals surface area contributed by atoms with Crippen LogP contribution in [0.5, 0.6) is 0 Å². The van der Waals surface area contributed by atoms with Crippen molar-refractivity contribution in [3.8, 4) is 0 Å². The van der Waals surface area contributed by atoms with Crippen LogP contribution in [-0.4, -0.2) is 30.8 Å². The summed E-state index contributed by atoms with van der Waals surface area (Å²) in [7, 11) is 1.35. The van der Waals surface area contributed by atoms with E-state index in [-0.39, 0.29) is 29.3 Å². The molecule has 27 heavy (non-hydrogen) atoms. The first-order chi connectivity index (χ1) is 12.7. The van der Waals surface area contributed by atoms with Crippen LogP contribution in [-0.2, 0) is 19.1 Å². The number of ketones is 2. The molecule has 4 aliphatic carbocycles. The average molecular weight is 374 g/mol. The highest BCUT2D eigenvalue weighted by molar-refractivity contribution is 5.93. The second kappa shape index (κ2) is 6.11. The normalized spacial score (nSPS) is 45.0. The van der Waals surface area contributed by atoms with Crippen molar-refractivity contribution >= 4 is 17.5 Å². The van der Waals surface area contributed by atoms with Crippen molar-refractivity contribution in [1.29, 1.82) is 0 Å². The first-order valence-corrected chi connectivity index (χ1v) is 9.91. The van der Waals surface area contributed by atoms with Crippen molar-refractivity contribution in [3.63, 3.8) is 0 Å². The number of allylic oxidation sites excluding steroid dienone is 2. The number of methoxy groups -OCH3 is 1. The van der Waals surface area contributed by atoms with Crippen molar-refractivity contribution in [2.45, 2.75) is 58.5 Å². The molecular weight excluding hydrogens is 347 g/mol. The molecule has 4 nitrogen and oxygen atoms in total. The molecule has 0 bridgehead atoms. The molecular formula is C22H27FO4. The lowest BCUT2D eigenvalue weighted by Crippen LogP contribution is -2.56. The molecule has 5 heteroatoms. The Kier molecular flexibility index (Phi) is 4.21. The van der Waals surface area contributed by atoms with E-state index in [1.807, 2.05) is 6.92 Å². The molecule has 0 N–H and O–H groups in total. The van der Waals surface area contributed by atoms with E-state index < -0.39 is 23.0 Å². The summed E-state index contributed by atoms with van der Waals surface area (Å²) in [5.41, 5.74) is 0.560. The molecule has 6 unspecified atom stereocenters. The third-order valence-corrected chi connectivity index (χ3v) is 7.97. The lowest BCUT2D eigenvalue weighted by atomic mass is 9.46. The van der Waals surface area contributed by atoms with Gasteiger partial charge in [0.2, 0.25) is 0 Å². The highest BCUT2D eigenvalue weighted by Crippen LogP contribution is 2.65. The van der Waals surface area contributed by atoms with Crippen molar-refractivity contribution in [2.75, 3.05) is 7.11 Å². The number of esters is 1. The fraction of sp³-hybridized carbons (Fsp3) is 0.682. The second-order valence-electron chi connectivity index (χ2n) is 9.23. The molecule has 3 saturated carbocycles. The standard InChI is InChI=1S/C22H27FO4/c1-21-7-6-13(24)9-16(21)17(23)10-14-15-5-4-12(8-19(26)27-3)22(15,2)11-18(25)20(14)21/h8-9,14-15,17,20H,4-7,10-11H2,1-3H3/b12-8-. The third-order valence-electron chi connectivity index (χ3n) is 7.97. The molecule has 0 aromatic heterocycles. The minimum absolute atomic E-state index is 0.0270. The largest absolute Gasteiger partial charge is 0.466 e. The van der Waals surface area contributed by atoms with Crippen LogP contribution in [0.3, 0.4) is 0 Å². The number of hydrogen-bond acceptors (Lipinski definition) is 4. The molecule has 0 aliphatic heterocycles. The molecule has 4 aliphatic rings. The highest BCUT2D eigenvalue weighted by Gasteiger charge is 2.62. The number of Topliss-reactive ketones (excluding diaryl/α,β-unsaturated/α-hetero) is 1. The van der Waals surface area contributed by atoms with Gasteiger partial charge in [-0.25, -0.2) is 9.18 Å². The fourth-order valence-electron chi connectivity index (χ4n) is 6.68. The maximum Gasteiger partial charge on any atom is 0.330 e. The number of carbonyl (C=O) groups excluding carboxylic acids is 3. The SMILES string of the molecule is COC(=O)/C=C1/CCC2C3CC(F)C4=CC(=O)CCC4(C)C3C(=O)CC12C. The molecule has 0 saturated heterocycles. The van der Waals surface area contributed by atoms with Gasteiger partial charge in [0.15, 0.2) is 5.78 Å². The van der Waals surface area contributed by atoms with Crippen molar-refractivity contribution in [1.82, 2.24) is 0 Å². The highest BCUT2D eigenvalue weighted by atomic mass is 19.1. The Balaban J connectivity index is 1.75. The number of ether oxygens (including phenoxy) is 1. The second-order valence-corrected chi connectivity index (χ2v) is 9.23. The summed E-state index contributed by atoms with van der Waals surface area (Å²) in [4.78, 5) is 37.0. The van der Waals surface area contributed by atoms with Gasteiger partial charge in [-0.1, -0.05) is 19.4 Å². The topological polar surface area (TPSA) is 60.4 Å². The lowest BCUT2D eigenvalue weighted by Gasteiger charge is -2.57. The summed E-state index contributed by atoms with van der Waals surface area (Å²) in [5, 5.41) is 0. The maximum absolute atomic E-state index is 15.2. The first kappa shape index (κ1) is 18.6. The number of fused-ring (bicyclic) bond motifs is 5. The molecule has 0 heterocycles. The van der Waals surface area contributed by atoms with Crippen LogP contribution in [0.2, 0.25) is 0 Å². The molecule has 0 aromatic carbocycles. The number of rotatable bonds is 1. The van der Waals surface area contributed by atoms with Gasteiger partial charge in [0.1, 0.15) is 12.0 Å². The van der Waals surface area contributed by atoms with Crippen molar-refractivity contribution in [2.24, 2.45) is 28.6 Å². The van der Waals surface area contributed by atoms with Gasteiger partial charge in [-0.3, -0.25) is 9.59 Å². The lowest BCUT2D eigenvalue weighted by molar-refractivity contribution is -0.145. The van der Waals surface area contributed by atoms with Crippen LogP contribution in [0, 0.1) is 28.6 Å². The first-order valence-electron chi connectivity index (χ1n) is 9.91. The van der Waals surface area contributed by atoms with Gasteiger partial charge in [0.05, 0.1) is 7.11 Å². The van der Waals surface area contributed by atoms with Gasteiger partial charge in [-0.15, -0.1) is 0 Å². The molecule has 3 fully saturated rings. The van der Waals surface area contributed by atoms with Crippen LogP contribution in [0.4, 0.5) is 4.39 Å². The summed E-state index contributed by atoms with van der Waals surface area (Å²) in [6.45, 7) is 4.04. The molecule has 6 atom stereocenters. The fourth-order valence-corrected chi connectivity index (χ4v) is 6.68. The summed E-state index contributed by atoms with van der Waals surface area (Å²) in [5.74, 6) is -0.335. The Morgan fingerprint density at radius 1 is 1.26 bits per heavy atom. The van der Waals surface area contributed by atoms with Gasteiger partial charge in [-0.05, 0) is 54.6 Å². The van der Waals surface area contributed by atoms with E-state index in [1.54, 1.807) is 0 Å². The molecule has 0 aromatic rings. The van der Waals surface area contributed by atoms with Crippen LogP contribution < -0.4 is 0 Å². The predicted octanol–water partition coefficient (Wildman–Crippen LogP) is 3.74. The van der Waals surface area contributed by atoms with Gasteiger partial charge in [-0.2, -0.15) is 0 Å². The van der Waals surface area contributed by atoms with Crippen LogP contribution in [0.25, 0.3) is 0 Å². The Hall–Kier alpha value is -1.78. The monoisotopic (exact) mass is 374 g/mol. The van der Waals surface area contributed by atoms with E-state index in [2.05, 4.69) is 6.92 Å². The Morgan fingerprint density at radius 3 is 2.70 bits per heavy atom. The van der Waals surface area contributed by atoms with E-state index in [1.165, 1.54) is 19.3 Å².